The molecule has 132 valence electrons. The van der Waals surface area contributed by atoms with E-state index in [9.17, 15) is 9.59 Å². The summed E-state index contributed by atoms with van der Waals surface area (Å²) in [5.41, 5.74) is 3.16. The molecule has 0 unspecified atom stereocenters. The van der Waals surface area contributed by atoms with Gasteiger partial charge in [-0.1, -0.05) is 60.7 Å². The summed E-state index contributed by atoms with van der Waals surface area (Å²) >= 11 is 5.56. The van der Waals surface area contributed by atoms with Crippen LogP contribution >= 0.6 is 11.6 Å². The molecule has 0 spiro atoms. The second kappa shape index (κ2) is 8.63. The molecule has 2 aromatic carbocycles. The minimum Gasteiger partial charge on any atom is -0.461 e. The number of alkyl halides is 1. The number of ether oxygens (including phenoxy) is 1. The van der Waals surface area contributed by atoms with Crippen molar-refractivity contribution in [1.29, 1.82) is 0 Å². The highest BCUT2D eigenvalue weighted by Crippen LogP contribution is 2.30. The van der Waals surface area contributed by atoms with Gasteiger partial charge in [-0.3, -0.25) is 9.59 Å². The van der Waals surface area contributed by atoms with E-state index in [0.29, 0.717) is 24.0 Å². The Bertz CT molecular complexity index is 777. The van der Waals surface area contributed by atoms with Crippen LogP contribution in [0.1, 0.15) is 24.0 Å². The van der Waals surface area contributed by atoms with E-state index in [1.165, 1.54) is 0 Å². The van der Waals surface area contributed by atoms with Crippen LogP contribution in [0.15, 0.2) is 71.8 Å². The summed E-state index contributed by atoms with van der Waals surface area (Å²) in [7, 11) is 0. The predicted molar refractivity (Wildman–Crippen MR) is 104 cm³/mol. The fourth-order valence-corrected chi connectivity index (χ4v) is 3.07. The zero-order valence-electron chi connectivity index (χ0n) is 14.2. The van der Waals surface area contributed by atoms with Crippen molar-refractivity contribution in [2.45, 2.75) is 18.9 Å². The molecule has 3 nitrogen and oxygen atoms in total. The van der Waals surface area contributed by atoms with Gasteiger partial charge < -0.3 is 4.74 Å². The molecule has 0 radical (unpaired) electrons. The van der Waals surface area contributed by atoms with Gasteiger partial charge in [0, 0.05) is 24.0 Å². The average Bonchev–Trinajstić information content (AvgIpc) is 2.67. The molecule has 2 aromatic rings. The van der Waals surface area contributed by atoms with Gasteiger partial charge >= 0.3 is 5.97 Å². The number of benzene rings is 2. The summed E-state index contributed by atoms with van der Waals surface area (Å²) < 4.78 is 5.42. The Labute approximate surface area is 157 Å². The van der Waals surface area contributed by atoms with Crippen LogP contribution in [0.2, 0.25) is 0 Å². The second-order valence-corrected chi connectivity index (χ2v) is 6.41. The van der Waals surface area contributed by atoms with Crippen LogP contribution in [-0.4, -0.2) is 23.7 Å². The number of rotatable bonds is 4. The van der Waals surface area contributed by atoms with E-state index in [-0.39, 0.29) is 17.8 Å². The number of halogens is 1. The molecule has 0 saturated heterocycles. The molecular weight excluding hydrogens is 348 g/mol. The van der Waals surface area contributed by atoms with Crippen LogP contribution < -0.4 is 0 Å². The normalized spacial score (nSPS) is 20.3. The standard InChI is InChI=1S/C22H19ClO3/c23-15-21(24)26-20-13-18(11-16-7-3-1-4-8-16)22(25)19(14-20)12-17-9-5-2-6-10-17/h1-12,20H,13-15H2/b18-11+,19-12+. The maximum absolute atomic E-state index is 12.9. The average molecular weight is 367 g/mol. The highest BCUT2D eigenvalue weighted by atomic mass is 35.5. The summed E-state index contributed by atoms with van der Waals surface area (Å²) in [6, 6.07) is 19.3. The Hall–Kier alpha value is -2.65. The van der Waals surface area contributed by atoms with Crippen LogP contribution in [0.25, 0.3) is 12.2 Å². The van der Waals surface area contributed by atoms with E-state index in [1.54, 1.807) is 0 Å². The molecule has 0 heterocycles. The smallest absolute Gasteiger partial charge is 0.321 e. The van der Waals surface area contributed by atoms with Gasteiger partial charge in [-0.2, -0.15) is 0 Å². The van der Waals surface area contributed by atoms with Crippen molar-refractivity contribution in [2.24, 2.45) is 0 Å². The molecule has 1 fully saturated rings. The Kier molecular flexibility index (Phi) is 6.03. The van der Waals surface area contributed by atoms with E-state index < -0.39 is 5.97 Å². The molecule has 1 saturated carbocycles. The first-order valence-electron chi connectivity index (χ1n) is 8.47. The van der Waals surface area contributed by atoms with Gasteiger partial charge in [-0.15, -0.1) is 11.6 Å². The summed E-state index contributed by atoms with van der Waals surface area (Å²) in [6.07, 6.45) is 4.12. The van der Waals surface area contributed by atoms with Gasteiger partial charge in [0.2, 0.25) is 0 Å². The predicted octanol–water partition coefficient (Wildman–Crippen LogP) is 4.67. The lowest BCUT2D eigenvalue weighted by Crippen LogP contribution is -2.28. The van der Waals surface area contributed by atoms with Crippen LogP contribution in [0.3, 0.4) is 0 Å². The molecule has 1 aliphatic rings. The van der Waals surface area contributed by atoms with Crippen molar-refractivity contribution < 1.29 is 14.3 Å². The number of carbonyl (C=O) groups excluding carboxylic acids is 2. The molecule has 0 amide bonds. The quantitative estimate of drug-likeness (QED) is 0.448. The van der Waals surface area contributed by atoms with E-state index in [2.05, 4.69) is 0 Å². The molecule has 0 bridgehead atoms. The maximum atomic E-state index is 12.9. The summed E-state index contributed by atoms with van der Waals surface area (Å²) in [5, 5.41) is 0. The molecular formula is C22H19ClO3. The lowest BCUT2D eigenvalue weighted by molar-refractivity contribution is -0.146. The molecule has 0 aromatic heterocycles. The lowest BCUT2D eigenvalue weighted by Gasteiger charge is -2.25. The Morgan fingerprint density at radius 3 is 1.81 bits per heavy atom. The van der Waals surface area contributed by atoms with Crippen LogP contribution in [0.5, 0.6) is 0 Å². The Morgan fingerprint density at radius 1 is 0.923 bits per heavy atom. The Balaban J connectivity index is 1.93. The fraction of sp³-hybridized carbons (Fsp3) is 0.182. The van der Waals surface area contributed by atoms with Gasteiger partial charge in [-0.25, -0.2) is 0 Å². The van der Waals surface area contributed by atoms with Gasteiger partial charge in [0.25, 0.3) is 0 Å². The fourth-order valence-electron chi connectivity index (χ4n) is 3.00. The third-order valence-corrected chi connectivity index (χ3v) is 4.38. The van der Waals surface area contributed by atoms with E-state index in [1.807, 2.05) is 72.8 Å². The second-order valence-electron chi connectivity index (χ2n) is 6.14. The summed E-state index contributed by atoms with van der Waals surface area (Å²) in [5.74, 6) is -0.667. The molecule has 0 N–H and O–H groups in total. The number of carbonyl (C=O) groups is 2. The number of esters is 1. The largest absolute Gasteiger partial charge is 0.461 e. The number of ketones is 1. The molecule has 0 atom stereocenters. The van der Waals surface area contributed by atoms with Crippen molar-refractivity contribution in [1.82, 2.24) is 0 Å². The summed E-state index contributed by atoms with van der Waals surface area (Å²) in [4.78, 5) is 24.5. The van der Waals surface area contributed by atoms with Crippen molar-refractivity contribution in [3.63, 3.8) is 0 Å². The third kappa shape index (κ3) is 4.70. The zero-order valence-corrected chi connectivity index (χ0v) is 15.0. The molecule has 26 heavy (non-hydrogen) atoms. The minimum absolute atomic E-state index is 0.00382. The monoisotopic (exact) mass is 366 g/mol. The highest BCUT2D eigenvalue weighted by molar-refractivity contribution is 6.26. The SMILES string of the molecule is O=C(CCl)OC1C/C(=C\c2ccccc2)C(=O)/C(=C/c2ccccc2)C1. The van der Waals surface area contributed by atoms with Gasteiger partial charge in [0.1, 0.15) is 12.0 Å². The van der Waals surface area contributed by atoms with Crippen molar-refractivity contribution in [2.75, 3.05) is 5.88 Å². The molecule has 1 aliphatic carbocycles. The molecule has 4 heteroatoms. The number of Topliss-reactive ketones (excluding diaryl/α,β-unsaturated/α-hetero) is 1. The third-order valence-electron chi connectivity index (χ3n) is 4.17. The van der Waals surface area contributed by atoms with Crippen LogP contribution in [-0.2, 0) is 14.3 Å². The maximum Gasteiger partial charge on any atom is 0.321 e. The van der Waals surface area contributed by atoms with Crippen LogP contribution in [0, 0.1) is 0 Å². The van der Waals surface area contributed by atoms with Crippen molar-refractivity contribution in [3.05, 3.63) is 82.9 Å². The van der Waals surface area contributed by atoms with E-state index in [0.717, 1.165) is 11.1 Å². The van der Waals surface area contributed by atoms with E-state index >= 15 is 0 Å². The van der Waals surface area contributed by atoms with Gasteiger partial charge in [0.15, 0.2) is 5.78 Å². The number of hydrogen-bond donors (Lipinski definition) is 0. The van der Waals surface area contributed by atoms with Crippen molar-refractivity contribution in [3.8, 4) is 0 Å². The van der Waals surface area contributed by atoms with Gasteiger partial charge in [-0.05, 0) is 23.3 Å². The first-order valence-corrected chi connectivity index (χ1v) is 9.00. The summed E-state index contributed by atoms with van der Waals surface area (Å²) in [6.45, 7) is 0. The zero-order chi connectivity index (χ0) is 18.4. The van der Waals surface area contributed by atoms with Crippen LogP contribution in [0.4, 0.5) is 0 Å². The first-order chi connectivity index (χ1) is 12.7. The first kappa shape index (κ1) is 18.2. The Morgan fingerprint density at radius 2 is 1.38 bits per heavy atom. The highest BCUT2D eigenvalue weighted by Gasteiger charge is 2.30. The van der Waals surface area contributed by atoms with E-state index in [4.69, 9.17) is 16.3 Å². The number of hydrogen-bond acceptors (Lipinski definition) is 3. The molecule has 3 rings (SSSR count). The lowest BCUT2D eigenvalue weighted by atomic mass is 9.85. The van der Waals surface area contributed by atoms with Gasteiger partial charge in [0.05, 0.1) is 0 Å². The minimum atomic E-state index is -0.468. The topological polar surface area (TPSA) is 43.4 Å². The van der Waals surface area contributed by atoms with Crippen molar-refractivity contribution >= 4 is 35.5 Å². The molecule has 0 aliphatic heterocycles.